The molecule has 0 amide bonds. The maximum absolute atomic E-state index is 6.04. The maximum atomic E-state index is 6.04. The molecule has 0 aliphatic carbocycles. The summed E-state index contributed by atoms with van der Waals surface area (Å²) in [6.45, 7) is 4.26. The summed E-state index contributed by atoms with van der Waals surface area (Å²) in [6.07, 6.45) is 0. The smallest absolute Gasteiger partial charge is 0.0465 e. The largest absolute Gasteiger partial charge is 0.355 e. The van der Waals surface area contributed by atoms with Gasteiger partial charge in [-0.3, -0.25) is 0 Å². The summed E-state index contributed by atoms with van der Waals surface area (Å²) in [5, 5.41) is 2.04. The van der Waals surface area contributed by atoms with E-state index < -0.39 is 0 Å². The summed E-state index contributed by atoms with van der Waals surface area (Å²) in [5.74, 6) is 0. The zero-order chi connectivity index (χ0) is 12.7. The normalized spacial score (nSPS) is 11.1. The standard InChI is InChI=1S/C16H14ClN/c1-10-6-11(2)14-9-15(18-16(14)7-10)12-4-3-5-13(17)8-12/h3-9,18H,1-2H3. The molecule has 2 aromatic carbocycles. The molecule has 3 rings (SSSR count). The first-order valence-corrected chi connectivity index (χ1v) is 6.37. The van der Waals surface area contributed by atoms with Crippen LogP contribution in [0.3, 0.4) is 0 Å². The molecule has 0 fully saturated rings. The van der Waals surface area contributed by atoms with Crippen molar-refractivity contribution in [3.05, 3.63) is 58.6 Å². The van der Waals surface area contributed by atoms with E-state index in [1.54, 1.807) is 0 Å². The van der Waals surface area contributed by atoms with Gasteiger partial charge in [-0.1, -0.05) is 29.8 Å². The first kappa shape index (κ1) is 11.4. The highest BCUT2D eigenvalue weighted by Gasteiger charge is 2.06. The Morgan fingerprint density at radius 1 is 1.00 bits per heavy atom. The van der Waals surface area contributed by atoms with Crippen LogP contribution in [0.4, 0.5) is 0 Å². The van der Waals surface area contributed by atoms with Gasteiger partial charge in [0.25, 0.3) is 0 Å². The van der Waals surface area contributed by atoms with E-state index in [4.69, 9.17) is 11.6 Å². The Labute approximate surface area is 111 Å². The summed E-state index contributed by atoms with van der Waals surface area (Å²) >= 11 is 6.04. The number of rotatable bonds is 1. The zero-order valence-corrected chi connectivity index (χ0v) is 11.2. The van der Waals surface area contributed by atoms with Crippen LogP contribution >= 0.6 is 11.6 Å². The third-order valence-corrected chi connectivity index (χ3v) is 3.46. The van der Waals surface area contributed by atoms with Gasteiger partial charge in [0.15, 0.2) is 0 Å². The summed E-state index contributed by atoms with van der Waals surface area (Å²) < 4.78 is 0. The van der Waals surface area contributed by atoms with E-state index in [2.05, 4.69) is 43.1 Å². The second-order valence-corrected chi connectivity index (χ2v) is 5.17. The van der Waals surface area contributed by atoms with Crippen molar-refractivity contribution < 1.29 is 0 Å². The summed E-state index contributed by atoms with van der Waals surface area (Å²) in [6, 6.07) is 14.5. The fourth-order valence-electron chi connectivity index (χ4n) is 2.41. The van der Waals surface area contributed by atoms with Gasteiger partial charge in [0.1, 0.15) is 0 Å². The predicted octanol–water partition coefficient (Wildman–Crippen LogP) is 5.11. The van der Waals surface area contributed by atoms with Gasteiger partial charge in [-0.05, 0) is 54.8 Å². The fourth-order valence-corrected chi connectivity index (χ4v) is 2.60. The molecule has 0 aliphatic rings. The molecule has 0 aliphatic heterocycles. The Morgan fingerprint density at radius 2 is 1.83 bits per heavy atom. The monoisotopic (exact) mass is 255 g/mol. The molecule has 1 nitrogen and oxygen atoms in total. The van der Waals surface area contributed by atoms with Crippen LogP contribution in [0.2, 0.25) is 5.02 Å². The average molecular weight is 256 g/mol. The molecule has 18 heavy (non-hydrogen) atoms. The quantitative estimate of drug-likeness (QED) is 0.622. The van der Waals surface area contributed by atoms with Gasteiger partial charge in [-0.15, -0.1) is 0 Å². The third-order valence-electron chi connectivity index (χ3n) is 3.22. The minimum absolute atomic E-state index is 0.763. The summed E-state index contributed by atoms with van der Waals surface area (Å²) in [5.41, 5.74) is 5.99. The van der Waals surface area contributed by atoms with Crippen molar-refractivity contribution in [2.45, 2.75) is 13.8 Å². The lowest BCUT2D eigenvalue weighted by atomic mass is 10.1. The molecule has 1 N–H and O–H groups in total. The lowest BCUT2D eigenvalue weighted by molar-refractivity contribution is 1.40. The second kappa shape index (κ2) is 4.18. The maximum Gasteiger partial charge on any atom is 0.0465 e. The van der Waals surface area contributed by atoms with Gasteiger partial charge in [-0.2, -0.15) is 0 Å². The first-order chi connectivity index (χ1) is 8.63. The number of halogens is 1. The number of aryl methyl sites for hydroxylation is 2. The molecule has 0 unspecified atom stereocenters. The lowest BCUT2D eigenvalue weighted by Gasteiger charge is -1.98. The Bertz CT molecular complexity index is 725. The third kappa shape index (κ3) is 1.91. The molecule has 1 aromatic heterocycles. The molecule has 0 spiro atoms. The number of aromatic nitrogens is 1. The van der Waals surface area contributed by atoms with Crippen LogP contribution in [0.25, 0.3) is 22.2 Å². The van der Waals surface area contributed by atoms with Crippen LogP contribution in [0.5, 0.6) is 0 Å². The van der Waals surface area contributed by atoms with E-state index in [-0.39, 0.29) is 0 Å². The topological polar surface area (TPSA) is 15.8 Å². The highest BCUT2D eigenvalue weighted by atomic mass is 35.5. The van der Waals surface area contributed by atoms with E-state index in [0.717, 1.165) is 16.3 Å². The molecular weight excluding hydrogens is 242 g/mol. The Morgan fingerprint density at radius 3 is 2.61 bits per heavy atom. The van der Waals surface area contributed by atoms with E-state index >= 15 is 0 Å². The van der Waals surface area contributed by atoms with Crippen LogP contribution in [-0.4, -0.2) is 4.98 Å². The van der Waals surface area contributed by atoms with Gasteiger partial charge in [0.2, 0.25) is 0 Å². The average Bonchev–Trinajstić information content (AvgIpc) is 2.73. The number of hydrogen-bond acceptors (Lipinski definition) is 0. The van der Waals surface area contributed by atoms with Gasteiger partial charge in [0.05, 0.1) is 0 Å². The van der Waals surface area contributed by atoms with Crippen molar-refractivity contribution in [2.24, 2.45) is 0 Å². The first-order valence-electron chi connectivity index (χ1n) is 5.99. The molecule has 90 valence electrons. The SMILES string of the molecule is Cc1cc(C)c2cc(-c3cccc(Cl)c3)[nH]c2c1. The van der Waals surface area contributed by atoms with E-state index in [0.29, 0.717) is 0 Å². The van der Waals surface area contributed by atoms with Gasteiger partial charge < -0.3 is 4.98 Å². The Balaban J connectivity index is 2.22. The van der Waals surface area contributed by atoms with E-state index in [1.165, 1.54) is 22.0 Å². The molecule has 0 saturated carbocycles. The van der Waals surface area contributed by atoms with Crippen molar-refractivity contribution in [3.63, 3.8) is 0 Å². The minimum Gasteiger partial charge on any atom is -0.355 e. The molecule has 0 saturated heterocycles. The molecule has 1 heterocycles. The van der Waals surface area contributed by atoms with Crippen molar-refractivity contribution >= 4 is 22.5 Å². The lowest BCUT2D eigenvalue weighted by Crippen LogP contribution is -1.78. The van der Waals surface area contributed by atoms with Gasteiger partial charge in [0, 0.05) is 21.6 Å². The van der Waals surface area contributed by atoms with Crippen molar-refractivity contribution in [1.29, 1.82) is 0 Å². The van der Waals surface area contributed by atoms with E-state index in [1.807, 2.05) is 18.2 Å². The molecular formula is C16H14ClN. The van der Waals surface area contributed by atoms with Gasteiger partial charge in [-0.25, -0.2) is 0 Å². The molecule has 0 radical (unpaired) electrons. The van der Waals surface area contributed by atoms with E-state index in [9.17, 15) is 0 Å². The number of benzene rings is 2. The number of nitrogens with one attached hydrogen (secondary N) is 1. The number of fused-ring (bicyclic) bond motifs is 1. The highest BCUT2D eigenvalue weighted by molar-refractivity contribution is 6.30. The van der Waals surface area contributed by atoms with Crippen LogP contribution in [0, 0.1) is 13.8 Å². The van der Waals surface area contributed by atoms with Crippen LogP contribution in [0.15, 0.2) is 42.5 Å². The number of hydrogen-bond donors (Lipinski definition) is 1. The van der Waals surface area contributed by atoms with Crippen LogP contribution in [-0.2, 0) is 0 Å². The minimum atomic E-state index is 0.763. The fraction of sp³-hybridized carbons (Fsp3) is 0.125. The summed E-state index contributed by atoms with van der Waals surface area (Å²) in [4.78, 5) is 3.46. The van der Waals surface area contributed by atoms with Crippen molar-refractivity contribution in [3.8, 4) is 11.3 Å². The Kier molecular flexibility index (Phi) is 2.64. The molecule has 3 aromatic rings. The van der Waals surface area contributed by atoms with Crippen molar-refractivity contribution in [2.75, 3.05) is 0 Å². The predicted molar refractivity (Wildman–Crippen MR) is 78.2 cm³/mol. The molecule has 0 atom stereocenters. The van der Waals surface area contributed by atoms with Crippen molar-refractivity contribution in [1.82, 2.24) is 4.98 Å². The zero-order valence-electron chi connectivity index (χ0n) is 10.4. The number of aromatic amines is 1. The molecule has 0 bridgehead atoms. The Hall–Kier alpha value is -1.73. The number of H-pyrrole nitrogens is 1. The van der Waals surface area contributed by atoms with Gasteiger partial charge >= 0.3 is 0 Å². The molecule has 2 heteroatoms. The van der Waals surface area contributed by atoms with Crippen LogP contribution in [0.1, 0.15) is 11.1 Å². The second-order valence-electron chi connectivity index (χ2n) is 4.74. The summed E-state index contributed by atoms with van der Waals surface area (Å²) in [7, 11) is 0. The highest BCUT2D eigenvalue weighted by Crippen LogP contribution is 2.28. The van der Waals surface area contributed by atoms with Crippen LogP contribution < -0.4 is 0 Å².